The van der Waals surface area contributed by atoms with Crippen LogP contribution in [0.25, 0.3) is 5.76 Å². The van der Waals surface area contributed by atoms with Crippen molar-refractivity contribution in [3.8, 4) is 5.75 Å². The largest absolute Gasteiger partial charge is 0.507 e. The number of aliphatic hydroxyl groups excluding tert-OH is 1. The van der Waals surface area contributed by atoms with Gasteiger partial charge in [-0.25, -0.2) is 0 Å². The molecule has 1 aliphatic heterocycles. The van der Waals surface area contributed by atoms with Gasteiger partial charge in [-0.15, -0.1) is 0 Å². The molecule has 0 spiro atoms. The molecule has 0 radical (unpaired) electrons. The lowest BCUT2D eigenvalue weighted by Gasteiger charge is -2.26. The molecule has 3 aromatic rings. The van der Waals surface area contributed by atoms with Crippen molar-refractivity contribution in [2.24, 2.45) is 0 Å². The third-order valence-corrected chi connectivity index (χ3v) is 6.07. The summed E-state index contributed by atoms with van der Waals surface area (Å²) >= 11 is 0. The molecule has 1 N–H and O–H groups in total. The number of carbonyl (C=O) groups excluding carboxylic acids is 2. The van der Waals surface area contributed by atoms with E-state index in [0.717, 1.165) is 28.7 Å². The Kier molecular flexibility index (Phi) is 6.31. The highest BCUT2D eigenvalue weighted by atomic mass is 16.5. The van der Waals surface area contributed by atoms with Gasteiger partial charge in [0.2, 0.25) is 0 Å². The number of likely N-dealkylation sites (tertiary alicyclic amines) is 1. The number of Topliss-reactive ketones (excluding diaryl/α,β-unsaturated/α-hetero) is 1. The van der Waals surface area contributed by atoms with Crippen LogP contribution in [0.15, 0.2) is 78.4 Å². The highest BCUT2D eigenvalue weighted by Gasteiger charge is 2.46. The highest BCUT2D eigenvalue weighted by molar-refractivity contribution is 6.46. The van der Waals surface area contributed by atoms with E-state index in [2.05, 4.69) is 6.92 Å². The lowest BCUT2D eigenvalue weighted by atomic mass is 9.94. The van der Waals surface area contributed by atoms with Crippen molar-refractivity contribution in [3.63, 3.8) is 0 Å². The molecule has 1 fully saturated rings. The first-order chi connectivity index (χ1) is 15.9. The number of carbonyl (C=O) groups is 2. The summed E-state index contributed by atoms with van der Waals surface area (Å²) in [6, 6.07) is 21.8. The predicted octanol–water partition coefficient (Wildman–Crippen LogP) is 5.19. The van der Waals surface area contributed by atoms with Crippen LogP contribution in [0.2, 0.25) is 0 Å². The molecule has 5 nitrogen and oxygen atoms in total. The van der Waals surface area contributed by atoms with Crippen LogP contribution in [0.3, 0.4) is 0 Å². The monoisotopic (exact) mass is 441 g/mol. The Morgan fingerprint density at radius 2 is 1.73 bits per heavy atom. The minimum atomic E-state index is -0.708. The lowest BCUT2D eigenvalue weighted by Crippen LogP contribution is -2.29. The van der Waals surface area contributed by atoms with Crippen molar-refractivity contribution in [2.75, 3.05) is 7.11 Å². The third kappa shape index (κ3) is 4.27. The Labute approximate surface area is 193 Å². The molecule has 1 saturated heterocycles. The van der Waals surface area contributed by atoms with Gasteiger partial charge in [0.05, 0.1) is 25.3 Å². The van der Waals surface area contributed by atoms with Gasteiger partial charge < -0.3 is 14.7 Å². The zero-order valence-electron chi connectivity index (χ0n) is 19.0. The summed E-state index contributed by atoms with van der Waals surface area (Å²) in [4.78, 5) is 28.0. The molecule has 0 bridgehead atoms. The summed E-state index contributed by atoms with van der Waals surface area (Å²) < 4.78 is 5.46. The van der Waals surface area contributed by atoms with Gasteiger partial charge >= 0.3 is 0 Å². The van der Waals surface area contributed by atoms with Crippen molar-refractivity contribution in [1.82, 2.24) is 4.90 Å². The number of para-hydroxylation sites is 1. The summed E-state index contributed by atoms with van der Waals surface area (Å²) in [5, 5.41) is 11.2. The number of aliphatic hydroxyl groups is 1. The lowest BCUT2D eigenvalue weighted by molar-refractivity contribution is -0.140. The molecule has 1 aliphatic rings. The topological polar surface area (TPSA) is 66.8 Å². The van der Waals surface area contributed by atoms with E-state index in [0.29, 0.717) is 11.3 Å². The van der Waals surface area contributed by atoms with Crippen LogP contribution in [0.4, 0.5) is 0 Å². The normalized spacial score (nSPS) is 17.4. The number of aryl methyl sites for hydroxylation is 2. The minimum Gasteiger partial charge on any atom is -0.507 e. The molecule has 33 heavy (non-hydrogen) atoms. The quantitative estimate of drug-likeness (QED) is 0.325. The SMILES string of the molecule is CCc1ccc(/C(O)=C2/C(=O)C(=O)N(Cc3ccccc3OC)C2c2cccc(C)c2)cc1. The Morgan fingerprint density at radius 3 is 2.39 bits per heavy atom. The number of methoxy groups -OCH3 is 1. The van der Waals surface area contributed by atoms with Crippen LogP contribution in [0.1, 0.15) is 40.8 Å². The molecular weight excluding hydrogens is 414 g/mol. The number of hydrogen-bond donors (Lipinski definition) is 1. The van der Waals surface area contributed by atoms with Gasteiger partial charge in [0.15, 0.2) is 0 Å². The van der Waals surface area contributed by atoms with Crippen LogP contribution in [0, 0.1) is 6.92 Å². The van der Waals surface area contributed by atoms with Crippen LogP contribution in [-0.2, 0) is 22.6 Å². The molecule has 5 heteroatoms. The number of ether oxygens (including phenoxy) is 1. The van der Waals surface area contributed by atoms with Gasteiger partial charge in [0.1, 0.15) is 11.5 Å². The molecule has 0 aliphatic carbocycles. The zero-order chi connectivity index (χ0) is 23.5. The molecule has 1 unspecified atom stereocenters. The van der Waals surface area contributed by atoms with Gasteiger partial charge in [0.25, 0.3) is 11.7 Å². The fourth-order valence-corrected chi connectivity index (χ4v) is 4.30. The second-order valence-electron chi connectivity index (χ2n) is 8.20. The summed E-state index contributed by atoms with van der Waals surface area (Å²) in [5.74, 6) is -0.852. The second-order valence-corrected chi connectivity index (χ2v) is 8.20. The van der Waals surface area contributed by atoms with Crippen LogP contribution >= 0.6 is 0 Å². The first kappa shape index (κ1) is 22.3. The Bertz CT molecular complexity index is 1230. The molecule has 0 aromatic heterocycles. The first-order valence-electron chi connectivity index (χ1n) is 11.0. The number of hydrogen-bond acceptors (Lipinski definition) is 4. The molecule has 0 saturated carbocycles. The number of benzene rings is 3. The average Bonchev–Trinajstić information content (AvgIpc) is 3.09. The summed E-state index contributed by atoms with van der Waals surface area (Å²) in [6.45, 7) is 4.19. The Morgan fingerprint density at radius 1 is 1.00 bits per heavy atom. The van der Waals surface area contributed by atoms with E-state index in [-0.39, 0.29) is 17.9 Å². The summed E-state index contributed by atoms with van der Waals surface area (Å²) in [7, 11) is 1.57. The fourth-order valence-electron chi connectivity index (χ4n) is 4.30. The van der Waals surface area contributed by atoms with Gasteiger partial charge in [-0.1, -0.05) is 79.2 Å². The maximum atomic E-state index is 13.2. The van der Waals surface area contributed by atoms with Crippen molar-refractivity contribution in [2.45, 2.75) is 32.9 Å². The standard InChI is InChI=1S/C28H27NO4/c1-4-19-12-14-20(15-13-19)26(30)24-25(21-10-7-8-18(2)16-21)29(28(32)27(24)31)17-22-9-5-6-11-23(22)33-3/h5-16,25,30H,4,17H2,1-3H3/b26-24-. The molecule has 3 aromatic carbocycles. The number of amides is 1. The van der Waals surface area contributed by atoms with Gasteiger partial charge in [-0.05, 0) is 30.5 Å². The molecule has 1 heterocycles. The van der Waals surface area contributed by atoms with Gasteiger partial charge in [-0.2, -0.15) is 0 Å². The van der Waals surface area contributed by atoms with E-state index in [1.807, 2.05) is 67.6 Å². The van der Waals surface area contributed by atoms with Crippen LogP contribution in [0.5, 0.6) is 5.75 Å². The maximum Gasteiger partial charge on any atom is 0.295 e. The summed E-state index contributed by atoms with van der Waals surface area (Å²) in [5.41, 5.74) is 4.30. The van der Waals surface area contributed by atoms with E-state index in [4.69, 9.17) is 4.74 Å². The maximum absolute atomic E-state index is 13.2. The average molecular weight is 442 g/mol. The number of ketones is 1. The van der Waals surface area contributed by atoms with Crippen LogP contribution < -0.4 is 4.74 Å². The van der Waals surface area contributed by atoms with Crippen molar-refractivity contribution < 1.29 is 19.4 Å². The third-order valence-electron chi connectivity index (χ3n) is 6.07. The fraction of sp³-hybridized carbons (Fsp3) is 0.214. The molecule has 4 rings (SSSR count). The number of rotatable bonds is 6. The van der Waals surface area contributed by atoms with Crippen molar-refractivity contribution >= 4 is 17.4 Å². The Balaban J connectivity index is 1.86. The van der Waals surface area contributed by atoms with E-state index in [1.165, 1.54) is 4.90 Å². The highest BCUT2D eigenvalue weighted by Crippen LogP contribution is 2.41. The zero-order valence-corrected chi connectivity index (χ0v) is 19.0. The van der Waals surface area contributed by atoms with Crippen LogP contribution in [-0.4, -0.2) is 28.8 Å². The van der Waals surface area contributed by atoms with Gasteiger partial charge in [0, 0.05) is 11.1 Å². The molecule has 1 atom stereocenters. The van der Waals surface area contributed by atoms with E-state index >= 15 is 0 Å². The first-order valence-corrected chi connectivity index (χ1v) is 11.0. The van der Waals surface area contributed by atoms with Gasteiger partial charge in [-0.3, -0.25) is 9.59 Å². The smallest absolute Gasteiger partial charge is 0.295 e. The van der Waals surface area contributed by atoms with E-state index < -0.39 is 17.7 Å². The second kappa shape index (κ2) is 9.33. The molecule has 1 amide bonds. The van der Waals surface area contributed by atoms with E-state index in [1.54, 1.807) is 19.2 Å². The van der Waals surface area contributed by atoms with E-state index in [9.17, 15) is 14.7 Å². The number of nitrogens with zero attached hydrogens (tertiary/aromatic N) is 1. The summed E-state index contributed by atoms with van der Waals surface area (Å²) in [6.07, 6.45) is 0.869. The molecule has 168 valence electrons. The predicted molar refractivity (Wildman–Crippen MR) is 128 cm³/mol. The van der Waals surface area contributed by atoms with Crippen molar-refractivity contribution in [1.29, 1.82) is 0 Å². The van der Waals surface area contributed by atoms with Crippen molar-refractivity contribution in [3.05, 3.63) is 106 Å². The molecular formula is C28H27NO4. The minimum absolute atomic E-state index is 0.102. The Hall–Kier alpha value is -3.86.